The largest absolute Gasteiger partial charge is 0.444 e. The Labute approximate surface area is 133 Å². The van der Waals surface area contributed by atoms with Gasteiger partial charge in [-0.15, -0.1) is 0 Å². The molecule has 0 unspecified atom stereocenters. The molecule has 7 nitrogen and oxygen atoms in total. The molecule has 1 aliphatic heterocycles. The number of ether oxygens (including phenoxy) is 1. The molecule has 2 rings (SSSR count). The van der Waals surface area contributed by atoms with E-state index in [-0.39, 0.29) is 19.0 Å². The summed E-state index contributed by atoms with van der Waals surface area (Å²) in [7, 11) is 0. The molecular weight excluding hydrogens is 303 g/mol. The minimum atomic E-state index is -0.615. The molecule has 126 valence electrons. The summed E-state index contributed by atoms with van der Waals surface area (Å²) in [5.41, 5.74) is 0.913. The van der Waals surface area contributed by atoms with Crippen molar-refractivity contribution in [3.8, 4) is 0 Å². The lowest BCUT2D eigenvalue weighted by Crippen LogP contribution is -2.34. The van der Waals surface area contributed by atoms with Gasteiger partial charge >= 0.3 is 6.09 Å². The molecule has 23 heavy (non-hydrogen) atoms. The Morgan fingerprint density at radius 2 is 2.30 bits per heavy atom. The number of halogens is 1. The first-order valence-electron chi connectivity index (χ1n) is 7.38. The Hall–Kier alpha value is -2.38. The van der Waals surface area contributed by atoms with Gasteiger partial charge in [0.2, 0.25) is 0 Å². The highest BCUT2D eigenvalue weighted by Gasteiger charge is 2.21. The Kier molecular flexibility index (Phi) is 5.02. The third kappa shape index (κ3) is 4.80. The van der Waals surface area contributed by atoms with Crippen LogP contribution in [0.15, 0.2) is 18.1 Å². The van der Waals surface area contributed by atoms with E-state index < -0.39 is 11.7 Å². The summed E-state index contributed by atoms with van der Waals surface area (Å²) >= 11 is 0. The third-order valence-electron chi connectivity index (χ3n) is 3.11. The summed E-state index contributed by atoms with van der Waals surface area (Å²) in [5, 5.41) is 9.50. The molecule has 0 bridgehead atoms. The number of rotatable bonds is 4. The van der Waals surface area contributed by atoms with Crippen LogP contribution in [0.1, 0.15) is 36.8 Å². The molecule has 8 heteroatoms. The average molecular weight is 324 g/mol. The van der Waals surface area contributed by atoms with E-state index in [9.17, 15) is 14.0 Å². The van der Waals surface area contributed by atoms with Crippen LogP contribution in [0.5, 0.6) is 0 Å². The van der Waals surface area contributed by atoms with Gasteiger partial charge in [0.15, 0.2) is 0 Å². The van der Waals surface area contributed by atoms with E-state index in [4.69, 9.17) is 4.74 Å². The Morgan fingerprint density at radius 3 is 2.91 bits per heavy atom. The van der Waals surface area contributed by atoms with Crippen molar-refractivity contribution in [3.63, 3.8) is 0 Å². The van der Waals surface area contributed by atoms with E-state index in [1.54, 1.807) is 27.0 Å². The van der Waals surface area contributed by atoms with Crippen LogP contribution in [-0.2, 0) is 17.7 Å². The van der Waals surface area contributed by atoms with Crippen molar-refractivity contribution < 1.29 is 18.7 Å². The minimum Gasteiger partial charge on any atom is -0.444 e. The van der Waals surface area contributed by atoms with E-state index in [1.807, 2.05) is 0 Å². The monoisotopic (exact) mass is 324 g/mol. The lowest BCUT2D eigenvalue weighted by atomic mass is 10.1. The van der Waals surface area contributed by atoms with Crippen molar-refractivity contribution in [2.75, 3.05) is 13.1 Å². The maximum Gasteiger partial charge on any atom is 0.407 e. The van der Waals surface area contributed by atoms with E-state index >= 15 is 0 Å². The molecule has 1 aliphatic rings. The van der Waals surface area contributed by atoms with Crippen LogP contribution in [0.3, 0.4) is 0 Å². The summed E-state index contributed by atoms with van der Waals surface area (Å²) in [6, 6.07) is 0. The highest BCUT2D eigenvalue weighted by Crippen LogP contribution is 2.13. The summed E-state index contributed by atoms with van der Waals surface area (Å²) in [4.78, 5) is 23.3. The zero-order valence-corrected chi connectivity index (χ0v) is 13.5. The van der Waals surface area contributed by atoms with Crippen molar-refractivity contribution >= 4 is 12.0 Å². The fourth-order valence-corrected chi connectivity index (χ4v) is 2.14. The van der Waals surface area contributed by atoms with Gasteiger partial charge < -0.3 is 15.4 Å². The first-order chi connectivity index (χ1) is 10.8. The first kappa shape index (κ1) is 17.0. The van der Waals surface area contributed by atoms with Crippen molar-refractivity contribution in [1.82, 2.24) is 20.4 Å². The standard InChI is InChI=1S/C15H21FN4O3/c1-15(2,3)23-14(22)18-7-10(6-16)8-20-9-11-12(19-20)4-5-17-13(11)21/h6,9H,4-5,7-8H2,1-3H3,(H,17,21)(H,18,22)/b10-6+. The minimum absolute atomic E-state index is 0.00212. The highest BCUT2D eigenvalue weighted by atomic mass is 19.1. The zero-order chi connectivity index (χ0) is 17.0. The van der Waals surface area contributed by atoms with Gasteiger partial charge in [-0.25, -0.2) is 9.18 Å². The van der Waals surface area contributed by atoms with Crippen molar-refractivity contribution in [1.29, 1.82) is 0 Å². The second kappa shape index (κ2) is 6.80. The predicted octanol–water partition coefficient (Wildman–Crippen LogP) is 1.55. The number of nitrogens with one attached hydrogen (secondary N) is 2. The Bertz CT molecular complexity index is 631. The molecule has 2 amide bonds. The van der Waals surface area contributed by atoms with Gasteiger partial charge in [0.1, 0.15) is 5.60 Å². The summed E-state index contributed by atoms with van der Waals surface area (Å²) in [5.74, 6) is -0.171. The topological polar surface area (TPSA) is 85.2 Å². The van der Waals surface area contributed by atoms with Crippen LogP contribution in [-0.4, -0.2) is 40.5 Å². The van der Waals surface area contributed by atoms with E-state index in [1.165, 1.54) is 4.68 Å². The molecule has 0 saturated carbocycles. The molecule has 0 aliphatic carbocycles. The fourth-order valence-electron chi connectivity index (χ4n) is 2.14. The SMILES string of the molecule is CC(C)(C)OC(=O)NC/C(=C\F)Cn1cc2c(n1)CCNC2=O. The summed E-state index contributed by atoms with van der Waals surface area (Å²) in [6.45, 7) is 5.94. The van der Waals surface area contributed by atoms with Crippen LogP contribution < -0.4 is 10.6 Å². The molecule has 0 fully saturated rings. The molecule has 2 N–H and O–H groups in total. The second-order valence-electron chi connectivity index (χ2n) is 6.32. The van der Waals surface area contributed by atoms with E-state index in [0.29, 0.717) is 36.1 Å². The number of carbonyl (C=O) groups is 2. The number of nitrogens with zero attached hydrogens (tertiary/aromatic N) is 2. The van der Waals surface area contributed by atoms with Crippen LogP contribution in [0.2, 0.25) is 0 Å². The van der Waals surface area contributed by atoms with Crippen molar-refractivity contribution in [2.24, 2.45) is 0 Å². The van der Waals surface area contributed by atoms with Gasteiger partial charge in [0.05, 0.1) is 24.1 Å². The molecule has 0 spiro atoms. The first-order valence-corrected chi connectivity index (χ1v) is 7.38. The Morgan fingerprint density at radius 1 is 1.57 bits per heavy atom. The summed E-state index contributed by atoms with van der Waals surface area (Å²) < 4.78 is 19.6. The highest BCUT2D eigenvalue weighted by molar-refractivity contribution is 5.96. The van der Waals surface area contributed by atoms with Gasteiger partial charge in [0, 0.05) is 25.7 Å². The van der Waals surface area contributed by atoms with Crippen molar-refractivity contribution in [3.05, 3.63) is 29.4 Å². The summed E-state index contributed by atoms with van der Waals surface area (Å²) in [6.07, 6.45) is 2.05. The number of carbonyl (C=O) groups excluding carboxylic acids is 2. The number of fused-ring (bicyclic) bond motifs is 1. The maximum atomic E-state index is 13.0. The molecule has 0 aromatic carbocycles. The smallest absolute Gasteiger partial charge is 0.407 e. The molecule has 0 radical (unpaired) electrons. The fraction of sp³-hybridized carbons (Fsp3) is 0.533. The van der Waals surface area contributed by atoms with Crippen LogP contribution >= 0.6 is 0 Å². The number of amides is 2. The predicted molar refractivity (Wildman–Crippen MR) is 81.7 cm³/mol. The van der Waals surface area contributed by atoms with Gasteiger partial charge in [-0.1, -0.05) is 0 Å². The molecular formula is C15H21FN4O3. The normalized spacial score (nSPS) is 15.0. The third-order valence-corrected chi connectivity index (χ3v) is 3.11. The van der Waals surface area contributed by atoms with Crippen LogP contribution in [0, 0.1) is 0 Å². The molecule has 1 aromatic rings. The quantitative estimate of drug-likeness (QED) is 0.880. The van der Waals surface area contributed by atoms with Crippen LogP contribution in [0.25, 0.3) is 0 Å². The maximum absolute atomic E-state index is 13.0. The number of hydrogen-bond acceptors (Lipinski definition) is 4. The van der Waals surface area contributed by atoms with Gasteiger partial charge in [-0.3, -0.25) is 9.48 Å². The van der Waals surface area contributed by atoms with Crippen molar-refractivity contribution in [2.45, 2.75) is 39.3 Å². The molecule has 0 atom stereocenters. The zero-order valence-electron chi connectivity index (χ0n) is 13.5. The Balaban J connectivity index is 1.93. The van der Waals surface area contributed by atoms with E-state index in [2.05, 4.69) is 15.7 Å². The second-order valence-corrected chi connectivity index (χ2v) is 6.32. The number of alkyl carbamates (subject to hydrolysis) is 1. The van der Waals surface area contributed by atoms with Gasteiger partial charge in [-0.05, 0) is 26.3 Å². The molecule has 0 saturated heterocycles. The molecule has 2 heterocycles. The molecule has 1 aromatic heterocycles. The van der Waals surface area contributed by atoms with Crippen LogP contribution in [0.4, 0.5) is 9.18 Å². The van der Waals surface area contributed by atoms with Gasteiger partial charge in [0.25, 0.3) is 5.91 Å². The van der Waals surface area contributed by atoms with Gasteiger partial charge in [-0.2, -0.15) is 5.10 Å². The van der Waals surface area contributed by atoms with E-state index in [0.717, 1.165) is 0 Å². The number of hydrogen-bond donors (Lipinski definition) is 2. The lowest BCUT2D eigenvalue weighted by molar-refractivity contribution is 0.0531. The number of aromatic nitrogens is 2. The lowest BCUT2D eigenvalue weighted by Gasteiger charge is -2.20. The average Bonchev–Trinajstić information content (AvgIpc) is 2.85.